The van der Waals surface area contributed by atoms with Crippen molar-refractivity contribution < 1.29 is 14.4 Å². The molecular weight excluding hydrogens is 220 g/mol. The van der Waals surface area contributed by atoms with Crippen molar-refractivity contribution in [3.05, 3.63) is 18.0 Å². The third-order valence-corrected chi connectivity index (χ3v) is 3.42. The minimum atomic E-state index is -0.656. The van der Waals surface area contributed by atoms with Gasteiger partial charge in [-0.1, -0.05) is 18.0 Å². The third-order valence-electron chi connectivity index (χ3n) is 3.42. The summed E-state index contributed by atoms with van der Waals surface area (Å²) < 4.78 is 4.97. The summed E-state index contributed by atoms with van der Waals surface area (Å²) >= 11 is 0. The van der Waals surface area contributed by atoms with Gasteiger partial charge in [0.15, 0.2) is 0 Å². The Hall–Kier alpha value is -1.36. The molecule has 0 aromatic carbocycles. The molecule has 94 valence electrons. The van der Waals surface area contributed by atoms with Gasteiger partial charge in [0.05, 0.1) is 18.7 Å². The maximum absolute atomic E-state index is 11.1. The fourth-order valence-electron chi connectivity index (χ4n) is 2.49. The van der Waals surface area contributed by atoms with Gasteiger partial charge in [0, 0.05) is 6.07 Å². The molecule has 1 aromatic heterocycles. The van der Waals surface area contributed by atoms with E-state index in [1.807, 2.05) is 6.07 Å². The highest BCUT2D eigenvalue weighted by molar-refractivity contribution is 5.70. The number of aromatic nitrogens is 1. The Balaban J connectivity index is 1.78. The van der Waals surface area contributed by atoms with Crippen molar-refractivity contribution in [1.29, 1.82) is 0 Å². The van der Waals surface area contributed by atoms with E-state index in [1.165, 1.54) is 0 Å². The first-order valence-corrected chi connectivity index (χ1v) is 6.10. The Morgan fingerprint density at radius 1 is 1.53 bits per heavy atom. The predicted octanol–water partition coefficient (Wildman–Crippen LogP) is 1.66. The smallest absolute Gasteiger partial charge is 0.306 e. The average Bonchev–Trinajstić information content (AvgIpc) is 2.82. The summed E-state index contributed by atoms with van der Waals surface area (Å²) in [6.07, 6.45) is 5.59. The molecule has 1 aliphatic rings. The highest BCUT2D eigenvalue weighted by atomic mass is 16.5. The molecule has 1 aromatic rings. The highest BCUT2D eigenvalue weighted by Crippen LogP contribution is 2.29. The lowest BCUT2D eigenvalue weighted by Crippen LogP contribution is -2.34. The van der Waals surface area contributed by atoms with Crippen molar-refractivity contribution >= 4 is 5.97 Å². The van der Waals surface area contributed by atoms with E-state index in [2.05, 4.69) is 10.5 Å². The van der Waals surface area contributed by atoms with E-state index in [9.17, 15) is 4.79 Å². The van der Waals surface area contributed by atoms with Crippen LogP contribution in [0.3, 0.4) is 0 Å². The van der Waals surface area contributed by atoms with Gasteiger partial charge in [-0.3, -0.25) is 4.79 Å². The zero-order chi connectivity index (χ0) is 12.1. The van der Waals surface area contributed by atoms with Crippen LogP contribution in [0.2, 0.25) is 0 Å². The highest BCUT2D eigenvalue weighted by Gasteiger charge is 2.30. The molecule has 2 atom stereocenters. The number of hydrogen-bond donors (Lipinski definition) is 2. The van der Waals surface area contributed by atoms with Crippen molar-refractivity contribution in [2.24, 2.45) is 11.8 Å². The largest absolute Gasteiger partial charge is 0.481 e. The maximum Gasteiger partial charge on any atom is 0.306 e. The van der Waals surface area contributed by atoms with Crippen LogP contribution in [0.4, 0.5) is 0 Å². The summed E-state index contributed by atoms with van der Waals surface area (Å²) in [5.41, 5.74) is 0. The molecule has 1 heterocycles. The summed E-state index contributed by atoms with van der Waals surface area (Å²) in [7, 11) is 0. The summed E-state index contributed by atoms with van der Waals surface area (Å²) in [5.74, 6) is 0.180. The van der Waals surface area contributed by atoms with Gasteiger partial charge in [0.1, 0.15) is 5.76 Å². The van der Waals surface area contributed by atoms with Crippen LogP contribution < -0.4 is 5.32 Å². The zero-order valence-electron chi connectivity index (χ0n) is 9.76. The maximum atomic E-state index is 11.1. The van der Waals surface area contributed by atoms with E-state index >= 15 is 0 Å². The lowest BCUT2D eigenvalue weighted by Gasteiger charge is -2.28. The van der Waals surface area contributed by atoms with E-state index in [1.54, 1.807) is 6.20 Å². The Morgan fingerprint density at radius 3 is 3.06 bits per heavy atom. The second-order valence-corrected chi connectivity index (χ2v) is 4.60. The third kappa shape index (κ3) is 3.30. The molecule has 1 saturated carbocycles. The number of carbonyl (C=O) groups is 1. The van der Waals surface area contributed by atoms with E-state index in [-0.39, 0.29) is 11.8 Å². The fraction of sp³-hybridized carbons (Fsp3) is 0.667. The first-order chi connectivity index (χ1) is 8.27. The van der Waals surface area contributed by atoms with Gasteiger partial charge < -0.3 is 14.9 Å². The molecule has 0 spiro atoms. The second-order valence-electron chi connectivity index (χ2n) is 4.60. The predicted molar refractivity (Wildman–Crippen MR) is 61.3 cm³/mol. The molecule has 0 aliphatic heterocycles. The minimum Gasteiger partial charge on any atom is -0.481 e. The molecule has 17 heavy (non-hydrogen) atoms. The Bertz CT molecular complexity index is 351. The molecule has 0 bridgehead atoms. The Kier molecular flexibility index (Phi) is 4.14. The van der Waals surface area contributed by atoms with Crippen molar-refractivity contribution in [2.75, 3.05) is 6.54 Å². The topological polar surface area (TPSA) is 75.4 Å². The summed E-state index contributed by atoms with van der Waals surface area (Å²) in [5, 5.41) is 16.0. The number of rotatable bonds is 5. The van der Waals surface area contributed by atoms with Crippen molar-refractivity contribution in [2.45, 2.75) is 32.2 Å². The van der Waals surface area contributed by atoms with Gasteiger partial charge in [0.2, 0.25) is 0 Å². The molecule has 0 radical (unpaired) electrons. The molecule has 2 N–H and O–H groups in total. The lowest BCUT2D eigenvalue weighted by atomic mass is 9.79. The lowest BCUT2D eigenvalue weighted by molar-refractivity contribution is -0.144. The summed E-state index contributed by atoms with van der Waals surface area (Å²) in [6, 6.07) is 1.81. The van der Waals surface area contributed by atoms with Crippen LogP contribution in [0.5, 0.6) is 0 Å². The van der Waals surface area contributed by atoms with Gasteiger partial charge in [-0.15, -0.1) is 0 Å². The number of carboxylic acid groups (broad SMARTS) is 1. The van der Waals surface area contributed by atoms with Crippen molar-refractivity contribution in [3.8, 4) is 0 Å². The number of hydrogen-bond acceptors (Lipinski definition) is 4. The molecule has 0 amide bonds. The number of aliphatic carboxylic acids is 1. The van der Waals surface area contributed by atoms with E-state index in [0.717, 1.165) is 38.0 Å². The molecule has 5 heteroatoms. The molecule has 1 fully saturated rings. The minimum absolute atomic E-state index is 0.189. The molecular formula is C12H18N2O3. The van der Waals surface area contributed by atoms with Crippen LogP contribution in [0.1, 0.15) is 31.4 Å². The van der Waals surface area contributed by atoms with Crippen LogP contribution in [0.25, 0.3) is 0 Å². The number of nitrogens with one attached hydrogen (secondary N) is 1. The standard InChI is InChI=1S/C12H18N2O3/c15-12(16)11-4-2-1-3-9(11)7-13-8-10-5-6-14-17-10/h5-6,9,11,13H,1-4,7-8H2,(H,15,16). The first kappa shape index (κ1) is 12.1. The van der Waals surface area contributed by atoms with E-state index < -0.39 is 5.97 Å². The molecule has 0 saturated heterocycles. The SMILES string of the molecule is O=C(O)C1CCCCC1CNCc1ccno1. The van der Waals surface area contributed by atoms with Gasteiger partial charge in [-0.25, -0.2) is 0 Å². The monoisotopic (exact) mass is 238 g/mol. The van der Waals surface area contributed by atoms with Crippen molar-refractivity contribution in [1.82, 2.24) is 10.5 Å². The number of nitrogens with zero attached hydrogens (tertiary/aromatic N) is 1. The van der Waals surface area contributed by atoms with Crippen molar-refractivity contribution in [3.63, 3.8) is 0 Å². The summed E-state index contributed by atoms with van der Waals surface area (Å²) in [4.78, 5) is 11.1. The van der Waals surface area contributed by atoms with Gasteiger partial charge in [-0.05, 0) is 25.3 Å². The van der Waals surface area contributed by atoms with Crippen LogP contribution in [0, 0.1) is 11.8 Å². The quantitative estimate of drug-likeness (QED) is 0.815. The summed E-state index contributed by atoms with van der Waals surface area (Å²) in [6.45, 7) is 1.35. The zero-order valence-corrected chi connectivity index (χ0v) is 9.76. The second kappa shape index (κ2) is 5.82. The normalized spacial score (nSPS) is 24.7. The molecule has 2 rings (SSSR count). The fourth-order valence-corrected chi connectivity index (χ4v) is 2.49. The first-order valence-electron chi connectivity index (χ1n) is 6.10. The molecule has 1 aliphatic carbocycles. The number of carboxylic acids is 1. The van der Waals surface area contributed by atoms with Crippen LogP contribution >= 0.6 is 0 Å². The van der Waals surface area contributed by atoms with Gasteiger partial charge in [-0.2, -0.15) is 0 Å². The van der Waals surface area contributed by atoms with Crippen LogP contribution in [0.15, 0.2) is 16.8 Å². The van der Waals surface area contributed by atoms with E-state index in [4.69, 9.17) is 9.63 Å². The molecule has 2 unspecified atom stereocenters. The Morgan fingerprint density at radius 2 is 2.35 bits per heavy atom. The molecule has 5 nitrogen and oxygen atoms in total. The van der Waals surface area contributed by atoms with E-state index in [0.29, 0.717) is 6.54 Å². The van der Waals surface area contributed by atoms with Crippen LogP contribution in [-0.4, -0.2) is 22.8 Å². The van der Waals surface area contributed by atoms with Gasteiger partial charge in [0.25, 0.3) is 0 Å². The van der Waals surface area contributed by atoms with Gasteiger partial charge >= 0.3 is 5.97 Å². The Labute approximate surface area is 100 Å². The average molecular weight is 238 g/mol. The van der Waals surface area contributed by atoms with Crippen LogP contribution in [-0.2, 0) is 11.3 Å².